The molecular weight excluding hydrogens is 297 g/mol. The van der Waals surface area contributed by atoms with Crippen LogP contribution in [0.2, 0.25) is 5.02 Å². The van der Waals surface area contributed by atoms with Gasteiger partial charge in [-0.2, -0.15) is 0 Å². The Bertz CT molecular complexity index is 403. The van der Waals surface area contributed by atoms with Gasteiger partial charge in [-0.15, -0.1) is 0 Å². The van der Waals surface area contributed by atoms with Crippen molar-refractivity contribution in [1.82, 2.24) is 4.98 Å². The van der Waals surface area contributed by atoms with E-state index in [2.05, 4.69) is 20.9 Å². The van der Waals surface area contributed by atoms with Crippen molar-refractivity contribution < 1.29 is 13.7 Å². The monoisotopic (exact) mass is 300 g/mol. The molecule has 15 heavy (non-hydrogen) atoms. The van der Waals surface area contributed by atoms with Gasteiger partial charge in [0, 0.05) is 5.33 Å². The number of nitrogens with zero attached hydrogens (tertiary/aromatic N) is 2. The lowest BCUT2D eigenvalue weighted by molar-refractivity contribution is -0.385. The Hall–Kier alpha value is -0.820. The van der Waals surface area contributed by atoms with E-state index in [0.717, 1.165) is 6.20 Å². The zero-order chi connectivity index (χ0) is 11.6. The highest BCUT2D eigenvalue weighted by Gasteiger charge is 2.25. The van der Waals surface area contributed by atoms with E-state index in [0.29, 0.717) is 0 Å². The maximum Gasteiger partial charge on any atom is 0.306 e. The topological polar surface area (TPSA) is 56.0 Å². The summed E-state index contributed by atoms with van der Waals surface area (Å²) in [6, 6.07) is 0. The Morgan fingerprint density at radius 2 is 2.27 bits per heavy atom. The minimum atomic E-state index is -2.89. The number of pyridine rings is 1. The van der Waals surface area contributed by atoms with Crippen molar-refractivity contribution in [1.29, 1.82) is 0 Å². The Morgan fingerprint density at radius 3 is 2.67 bits per heavy atom. The third-order valence-corrected chi connectivity index (χ3v) is 2.58. The highest BCUT2D eigenvalue weighted by molar-refractivity contribution is 9.08. The summed E-state index contributed by atoms with van der Waals surface area (Å²) in [4.78, 5) is 13.1. The first-order chi connectivity index (χ1) is 6.99. The lowest BCUT2D eigenvalue weighted by Crippen LogP contribution is -2.01. The Morgan fingerprint density at radius 1 is 1.67 bits per heavy atom. The van der Waals surface area contributed by atoms with Crippen LogP contribution >= 0.6 is 27.5 Å². The smallest absolute Gasteiger partial charge is 0.258 e. The molecule has 82 valence electrons. The first-order valence-electron chi connectivity index (χ1n) is 3.64. The van der Waals surface area contributed by atoms with Crippen LogP contribution in [-0.4, -0.2) is 9.91 Å². The fourth-order valence-electron chi connectivity index (χ4n) is 0.985. The molecular formula is C7H4BrClF2N2O2. The molecule has 1 heterocycles. The molecule has 0 aliphatic rings. The van der Waals surface area contributed by atoms with Gasteiger partial charge >= 0.3 is 5.69 Å². The summed E-state index contributed by atoms with van der Waals surface area (Å²) in [6.45, 7) is 0. The molecule has 1 rings (SSSR count). The van der Waals surface area contributed by atoms with Gasteiger partial charge in [0.1, 0.15) is 11.2 Å². The maximum atomic E-state index is 12.6. The second-order valence-corrected chi connectivity index (χ2v) is 3.45. The molecule has 0 fully saturated rings. The lowest BCUT2D eigenvalue weighted by atomic mass is 10.2. The van der Waals surface area contributed by atoms with Crippen molar-refractivity contribution in [3.05, 3.63) is 32.6 Å². The van der Waals surface area contributed by atoms with E-state index < -0.39 is 27.6 Å². The molecule has 0 aromatic carbocycles. The number of nitro groups is 1. The third-order valence-electron chi connectivity index (χ3n) is 1.66. The van der Waals surface area contributed by atoms with Crippen LogP contribution in [0, 0.1) is 10.1 Å². The van der Waals surface area contributed by atoms with E-state index in [1.54, 1.807) is 0 Å². The molecule has 0 N–H and O–H groups in total. The summed E-state index contributed by atoms with van der Waals surface area (Å²) in [5.74, 6) is 0. The van der Waals surface area contributed by atoms with Crippen molar-refractivity contribution in [2.45, 2.75) is 11.8 Å². The van der Waals surface area contributed by atoms with Crippen molar-refractivity contribution in [2.24, 2.45) is 0 Å². The van der Waals surface area contributed by atoms with Crippen LogP contribution in [-0.2, 0) is 5.33 Å². The molecule has 0 spiro atoms. The van der Waals surface area contributed by atoms with E-state index in [1.807, 2.05) is 0 Å². The SMILES string of the molecule is O=[N+]([O-])c1cnc(CBr)c(C(F)F)c1Cl. The van der Waals surface area contributed by atoms with Crippen LogP contribution in [0.1, 0.15) is 17.7 Å². The van der Waals surface area contributed by atoms with Gasteiger partial charge < -0.3 is 0 Å². The van der Waals surface area contributed by atoms with Crippen LogP contribution < -0.4 is 0 Å². The largest absolute Gasteiger partial charge is 0.306 e. The molecule has 4 nitrogen and oxygen atoms in total. The number of halogens is 4. The average Bonchev–Trinajstić information content (AvgIpc) is 2.15. The molecule has 0 saturated heterocycles. The number of aromatic nitrogens is 1. The van der Waals surface area contributed by atoms with Gasteiger partial charge in [0.15, 0.2) is 0 Å². The van der Waals surface area contributed by atoms with Crippen LogP contribution in [0.3, 0.4) is 0 Å². The summed E-state index contributed by atoms with van der Waals surface area (Å²) in [5, 5.41) is 9.92. The molecule has 0 aliphatic heterocycles. The maximum absolute atomic E-state index is 12.6. The zero-order valence-corrected chi connectivity index (χ0v) is 9.43. The Balaban J connectivity index is 3.42. The van der Waals surface area contributed by atoms with Crippen molar-refractivity contribution in [2.75, 3.05) is 0 Å². The second-order valence-electron chi connectivity index (χ2n) is 2.51. The predicted molar refractivity (Wildman–Crippen MR) is 53.5 cm³/mol. The molecule has 1 aromatic rings. The van der Waals surface area contributed by atoms with E-state index in [9.17, 15) is 18.9 Å². The van der Waals surface area contributed by atoms with Crippen LogP contribution in [0.15, 0.2) is 6.20 Å². The second kappa shape index (κ2) is 4.80. The standard InChI is InChI=1S/C7H4BrClF2N2O2/c8-1-3-5(7(10)11)6(9)4(2-12-3)13(14)15/h2,7H,1H2. The summed E-state index contributed by atoms with van der Waals surface area (Å²) in [6.07, 6.45) is -2.03. The normalized spacial score (nSPS) is 10.7. The molecule has 0 radical (unpaired) electrons. The fourth-order valence-corrected chi connectivity index (χ4v) is 1.74. The van der Waals surface area contributed by atoms with Gasteiger partial charge in [0.25, 0.3) is 6.43 Å². The summed E-state index contributed by atoms with van der Waals surface area (Å²) < 4.78 is 25.1. The first kappa shape index (κ1) is 12.3. The summed E-state index contributed by atoms with van der Waals surface area (Å²) >= 11 is 8.45. The number of rotatable bonds is 3. The number of hydrogen-bond donors (Lipinski definition) is 0. The summed E-state index contributed by atoms with van der Waals surface area (Å²) in [5.41, 5.74) is -1.21. The van der Waals surface area contributed by atoms with Gasteiger partial charge in [-0.25, -0.2) is 8.78 Å². The highest BCUT2D eigenvalue weighted by atomic mass is 79.9. The van der Waals surface area contributed by atoms with Gasteiger partial charge in [-0.3, -0.25) is 15.1 Å². The number of alkyl halides is 3. The number of hydrogen-bond acceptors (Lipinski definition) is 3. The Labute approximate surface area is 96.5 Å². The molecule has 1 aromatic heterocycles. The highest BCUT2D eigenvalue weighted by Crippen LogP contribution is 2.36. The first-order valence-corrected chi connectivity index (χ1v) is 5.14. The molecule has 8 heteroatoms. The zero-order valence-electron chi connectivity index (χ0n) is 7.08. The minimum Gasteiger partial charge on any atom is -0.258 e. The summed E-state index contributed by atoms with van der Waals surface area (Å²) in [7, 11) is 0. The van der Waals surface area contributed by atoms with Gasteiger partial charge in [-0.1, -0.05) is 27.5 Å². The molecule has 0 unspecified atom stereocenters. The van der Waals surface area contributed by atoms with E-state index in [1.165, 1.54) is 0 Å². The van der Waals surface area contributed by atoms with Gasteiger partial charge in [0.2, 0.25) is 0 Å². The van der Waals surface area contributed by atoms with E-state index >= 15 is 0 Å². The van der Waals surface area contributed by atoms with Gasteiger partial charge in [0.05, 0.1) is 16.2 Å². The fraction of sp³-hybridized carbons (Fsp3) is 0.286. The lowest BCUT2D eigenvalue weighted by Gasteiger charge is -2.07. The molecule has 0 bridgehead atoms. The average molecular weight is 301 g/mol. The van der Waals surface area contributed by atoms with Crippen LogP contribution in [0.25, 0.3) is 0 Å². The van der Waals surface area contributed by atoms with Crippen LogP contribution in [0.5, 0.6) is 0 Å². The van der Waals surface area contributed by atoms with Gasteiger partial charge in [-0.05, 0) is 0 Å². The van der Waals surface area contributed by atoms with Crippen molar-refractivity contribution in [3.63, 3.8) is 0 Å². The molecule has 0 amide bonds. The third kappa shape index (κ3) is 2.40. The Kier molecular flexibility index (Phi) is 3.92. The molecule has 0 atom stereocenters. The molecule has 0 saturated carbocycles. The predicted octanol–water partition coefficient (Wildman–Crippen LogP) is 3.48. The van der Waals surface area contributed by atoms with Crippen molar-refractivity contribution >= 4 is 33.2 Å². The minimum absolute atomic E-state index is 0.000556. The quantitative estimate of drug-likeness (QED) is 0.488. The van der Waals surface area contributed by atoms with Crippen LogP contribution in [0.4, 0.5) is 14.5 Å². The van der Waals surface area contributed by atoms with Crippen molar-refractivity contribution in [3.8, 4) is 0 Å². The molecule has 0 aliphatic carbocycles. The van der Waals surface area contributed by atoms with E-state index in [-0.39, 0.29) is 11.0 Å². The van der Waals surface area contributed by atoms with E-state index in [4.69, 9.17) is 11.6 Å².